The molecule has 0 N–H and O–H groups in total. The van der Waals surface area contributed by atoms with Gasteiger partial charge in [-0.15, -0.1) is 0 Å². The number of nitrogens with zero attached hydrogens (tertiary/aromatic N) is 2. The second kappa shape index (κ2) is 2.95. The predicted octanol–water partition coefficient (Wildman–Crippen LogP) is 2.05. The van der Waals surface area contributed by atoms with Crippen LogP contribution in [0.4, 0.5) is 0 Å². The molecule has 0 heterocycles. The van der Waals surface area contributed by atoms with Gasteiger partial charge in [-0.2, -0.15) is 0 Å². The van der Waals surface area contributed by atoms with Crippen LogP contribution in [0.3, 0.4) is 0 Å². The summed E-state index contributed by atoms with van der Waals surface area (Å²) < 4.78 is 0. The molecule has 0 amide bonds. The Labute approximate surface area is 62.1 Å². The molecule has 1 fully saturated rings. The predicted molar refractivity (Wildman–Crippen MR) is 44.9 cm³/mol. The zero-order chi connectivity index (χ0) is 7.56. The van der Waals surface area contributed by atoms with Crippen LogP contribution in [0.5, 0.6) is 0 Å². The van der Waals surface area contributed by atoms with Crippen LogP contribution in [-0.2, 0) is 0 Å². The Morgan fingerprint density at radius 1 is 1.20 bits per heavy atom. The molecule has 1 aliphatic rings. The van der Waals surface area contributed by atoms with E-state index in [2.05, 4.69) is 9.98 Å². The van der Waals surface area contributed by atoms with Gasteiger partial charge in [-0.1, -0.05) is 0 Å². The van der Waals surface area contributed by atoms with Gasteiger partial charge in [0.25, 0.3) is 0 Å². The first-order valence-electron chi connectivity index (χ1n) is 3.75. The minimum Gasteiger partial charge on any atom is -0.267 e. The van der Waals surface area contributed by atoms with Crippen molar-refractivity contribution >= 4 is 11.5 Å². The Morgan fingerprint density at radius 3 is 2.20 bits per heavy atom. The molecule has 0 atom stereocenters. The quantitative estimate of drug-likeness (QED) is 0.391. The lowest BCUT2D eigenvalue weighted by Gasteiger charge is -1.91. The molecular weight excluding hydrogens is 124 g/mol. The molecule has 2 heteroatoms. The first-order chi connectivity index (χ1) is 4.68. The average Bonchev–Trinajstić information content (AvgIpc) is 2.46. The van der Waals surface area contributed by atoms with Gasteiger partial charge in [0, 0.05) is 5.71 Å². The van der Waals surface area contributed by atoms with E-state index in [0.29, 0.717) is 6.04 Å². The maximum absolute atomic E-state index is 4.36. The fraction of sp³-hybridized carbons (Fsp3) is 0.750. The van der Waals surface area contributed by atoms with E-state index >= 15 is 0 Å². The molecule has 1 rings (SSSR count). The summed E-state index contributed by atoms with van der Waals surface area (Å²) in [6, 6.07) is 0.600. The molecule has 1 aliphatic carbocycles. The number of rotatable bonds is 1. The summed E-state index contributed by atoms with van der Waals surface area (Å²) in [6.07, 6.45) is 2.52. The molecule has 0 bridgehead atoms. The van der Waals surface area contributed by atoms with E-state index in [1.165, 1.54) is 12.8 Å². The fourth-order valence-corrected chi connectivity index (χ4v) is 0.820. The Hall–Kier alpha value is -0.660. The number of hydrogen-bond donors (Lipinski definition) is 0. The minimum atomic E-state index is 0.600. The normalized spacial score (nSPS) is 18.9. The van der Waals surface area contributed by atoms with E-state index < -0.39 is 0 Å². The first kappa shape index (κ1) is 7.45. The van der Waals surface area contributed by atoms with Crippen LogP contribution in [0.15, 0.2) is 9.98 Å². The van der Waals surface area contributed by atoms with Crippen LogP contribution >= 0.6 is 0 Å². The largest absolute Gasteiger partial charge is 0.267 e. The Balaban J connectivity index is 2.46. The molecule has 0 aromatic heterocycles. The van der Waals surface area contributed by atoms with E-state index in [-0.39, 0.29) is 0 Å². The molecule has 0 spiro atoms. The third kappa shape index (κ3) is 2.76. The lowest BCUT2D eigenvalue weighted by atomic mass is 10.5. The molecule has 0 aliphatic heterocycles. The highest BCUT2D eigenvalue weighted by molar-refractivity contribution is 5.94. The van der Waals surface area contributed by atoms with Gasteiger partial charge < -0.3 is 0 Å². The maximum Gasteiger partial charge on any atom is 0.120 e. The summed E-state index contributed by atoms with van der Waals surface area (Å²) in [5.41, 5.74) is 1.09. The highest BCUT2D eigenvalue weighted by Crippen LogP contribution is 2.23. The lowest BCUT2D eigenvalue weighted by molar-refractivity contribution is 1.06. The zero-order valence-corrected chi connectivity index (χ0v) is 6.89. The molecule has 0 saturated heterocycles. The van der Waals surface area contributed by atoms with Gasteiger partial charge in [-0.25, -0.2) is 4.99 Å². The van der Waals surface area contributed by atoms with Gasteiger partial charge in [-0.3, -0.25) is 4.99 Å². The van der Waals surface area contributed by atoms with Crippen molar-refractivity contribution in [1.29, 1.82) is 0 Å². The van der Waals surface area contributed by atoms with Crippen LogP contribution in [0, 0.1) is 0 Å². The monoisotopic (exact) mass is 138 g/mol. The van der Waals surface area contributed by atoms with Gasteiger partial charge in [0.2, 0.25) is 0 Å². The van der Waals surface area contributed by atoms with Crippen molar-refractivity contribution in [1.82, 2.24) is 0 Å². The van der Waals surface area contributed by atoms with E-state index in [9.17, 15) is 0 Å². The Kier molecular flexibility index (Phi) is 2.20. The molecule has 0 aromatic rings. The molecule has 1 saturated carbocycles. The van der Waals surface area contributed by atoms with Gasteiger partial charge in [0.05, 0.1) is 6.04 Å². The highest BCUT2D eigenvalue weighted by Gasteiger charge is 2.19. The van der Waals surface area contributed by atoms with Crippen LogP contribution in [-0.4, -0.2) is 17.6 Å². The molecule has 0 radical (unpaired) electrons. The van der Waals surface area contributed by atoms with Gasteiger partial charge in [0.15, 0.2) is 0 Å². The van der Waals surface area contributed by atoms with Crippen LogP contribution < -0.4 is 0 Å². The molecule has 0 aromatic carbocycles. The smallest absolute Gasteiger partial charge is 0.120 e. The number of amidine groups is 1. The summed E-state index contributed by atoms with van der Waals surface area (Å²) in [6.45, 7) is 5.95. The summed E-state index contributed by atoms with van der Waals surface area (Å²) in [5, 5.41) is 0. The summed E-state index contributed by atoms with van der Waals surface area (Å²) >= 11 is 0. The fourth-order valence-electron chi connectivity index (χ4n) is 0.820. The third-order valence-corrected chi connectivity index (χ3v) is 1.30. The van der Waals surface area contributed by atoms with Crippen LogP contribution in [0.1, 0.15) is 33.6 Å². The highest BCUT2D eigenvalue weighted by atomic mass is 15.0. The van der Waals surface area contributed by atoms with E-state index in [1.54, 1.807) is 0 Å². The van der Waals surface area contributed by atoms with Gasteiger partial charge >= 0.3 is 0 Å². The number of aliphatic imine (C=N–C) groups is 2. The molecule has 56 valence electrons. The number of hydrogen-bond acceptors (Lipinski definition) is 1. The topological polar surface area (TPSA) is 24.7 Å². The standard InChI is InChI=1S/C8H14N2/c1-6(2)9-7(3)10-8-4-5-8/h8H,4-5H2,1-3H3/b10-7-. The van der Waals surface area contributed by atoms with Crippen molar-refractivity contribution in [3.8, 4) is 0 Å². The van der Waals surface area contributed by atoms with Gasteiger partial charge in [-0.05, 0) is 33.6 Å². The summed E-state index contributed by atoms with van der Waals surface area (Å²) in [7, 11) is 0. The summed E-state index contributed by atoms with van der Waals surface area (Å²) in [5.74, 6) is 0.933. The molecule has 0 unspecified atom stereocenters. The van der Waals surface area contributed by atoms with Crippen molar-refractivity contribution in [2.24, 2.45) is 9.98 Å². The van der Waals surface area contributed by atoms with Crippen molar-refractivity contribution in [2.75, 3.05) is 0 Å². The lowest BCUT2D eigenvalue weighted by Crippen LogP contribution is -1.92. The maximum atomic E-state index is 4.36. The summed E-state index contributed by atoms with van der Waals surface area (Å²) in [4.78, 5) is 8.58. The first-order valence-corrected chi connectivity index (χ1v) is 3.75. The SMILES string of the molecule is CC(C)=N/C(C)=N\C1CC1. The van der Waals surface area contributed by atoms with E-state index in [1.807, 2.05) is 20.8 Å². The van der Waals surface area contributed by atoms with Crippen molar-refractivity contribution in [2.45, 2.75) is 39.7 Å². The molecule has 10 heavy (non-hydrogen) atoms. The molecule has 2 nitrogen and oxygen atoms in total. The van der Waals surface area contributed by atoms with Crippen molar-refractivity contribution in [3.05, 3.63) is 0 Å². The van der Waals surface area contributed by atoms with Crippen LogP contribution in [0.2, 0.25) is 0 Å². The second-order valence-electron chi connectivity index (χ2n) is 2.97. The Morgan fingerprint density at radius 2 is 1.80 bits per heavy atom. The van der Waals surface area contributed by atoms with E-state index in [0.717, 1.165) is 11.5 Å². The minimum absolute atomic E-state index is 0.600. The van der Waals surface area contributed by atoms with Crippen LogP contribution in [0.25, 0.3) is 0 Å². The third-order valence-electron chi connectivity index (χ3n) is 1.30. The van der Waals surface area contributed by atoms with E-state index in [4.69, 9.17) is 0 Å². The average molecular weight is 138 g/mol. The Bertz CT molecular complexity index is 172. The second-order valence-corrected chi connectivity index (χ2v) is 2.97. The van der Waals surface area contributed by atoms with Crippen molar-refractivity contribution in [3.63, 3.8) is 0 Å². The van der Waals surface area contributed by atoms with Gasteiger partial charge in [0.1, 0.15) is 5.84 Å². The van der Waals surface area contributed by atoms with Crippen molar-refractivity contribution < 1.29 is 0 Å². The zero-order valence-electron chi connectivity index (χ0n) is 6.89. The molecular formula is C8H14N2.